The average molecular weight is 228 g/mol. The van der Waals surface area contributed by atoms with Crippen LogP contribution in [0.4, 0.5) is 0 Å². The summed E-state index contributed by atoms with van der Waals surface area (Å²) >= 11 is 0. The van der Waals surface area contributed by atoms with Gasteiger partial charge in [0.1, 0.15) is 0 Å². The van der Waals surface area contributed by atoms with E-state index >= 15 is 0 Å². The molecule has 0 aliphatic carbocycles. The van der Waals surface area contributed by atoms with Crippen molar-refractivity contribution in [3.8, 4) is 0 Å². The Bertz CT molecular complexity index is 229. The smallest absolute Gasteiger partial charge is 0.0609 e. The molecule has 4 nitrogen and oxygen atoms in total. The molecule has 94 valence electrons. The Morgan fingerprint density at radius 2 is 1.88 bits per heavy atom. The zero-order valence-electron chi connectivity index (χ0n) is 10.2. The number of piperidine rings is 1. The lowest BCUT2D eigenvalue weighted by Crippen LogP contribution is -2.51. The van der Waals surface area contributed by atoms with Crippen LogP contribution in [0.5, 0.6) is 0 Å². The lowest BCUT2D eigenvalue weighted by Gasteiger charge is -2.43. The summed E-state index contributed by atoms with van der Waals surface area (Å²) in [5.41, 5.74) is 0.426. The molecule has 2 fully saturated rings. The molecule has 2 rings (SSSR count). The van der Waals surface area contributed by atoms with E-state index in [0.717, 1.165) is 13.1 Å². The summed E-state index contributed by atoms with van der Waals surface area (Å²) in [4.78, 5) is 4.68. The van der Waals surface area contributed by atoms with E-state index in [9.17, 15) is 10.2 Å². The molecule has 16 heavy (non-hydrogen) atoms. The van der Waals surface area contributed by atoms with Crippen LogP contribution in [0.25, 0.3) is 0 Å². The second-order valence-electron chi connectivity index (χ2n) is 5.58. The van der Waals surface area contributed by atoms with E-state index in [2.05, 4.69) is 16.8 Å². The lowest BCUT2D eigenvalue weighted by molar-refractivity contribution is 0.0135. The van der Waals surface area contributed by atoms with Crippen molar-refractivity contribution in [3.63, 3.8) is 0 Å². The Labute approximate surface area is 97.9 Å². The summed E-state index contributed by atoms with van der Waals surface area (Å²) in [7, 11) is 2.18. The Morgan fingerprint density at radius 1 is 1.12 bits per heavy atom. The fourth-order valence-corrected chi connectivity index (χ4v) is 3.34. The van der Waals surface area contributed by atoms with Crippen LogP contribution in [0.2, 0.25) is 0 Å². The highest BCUT2D eigenvalue weighted by molar-refractivity contribution is 4.95. The molecular formula is C12H24N2O2. The fraction of sp³-hybridized carbons (Fsp3) is 1.00. The molecule has 0 radical (unpaired) electrons. The quantitative estimate of drug-likeness (QED) is 0.700. The fourth-order valence-electron chi connectivity index (χ4n) is 3.34. The molecule has 2 aliphatic rings. The third-order valence-corrected chi connectivity index (χ3v) is 4.26. The molecule has 1 unspecified atom stereocenters. The van der Waals surface area contributed by atoms with Crippen molar-refractivity contribution in [2.24, 2.45) is 5.41 Å². The van der Waals surface area contributed by atoms with Crippen LogP contribution in [0, 0.1) is 5.41 Å². The summed E-state index contributed by atoms with van der Waals surface area (Å²) in [6, 6.07) is -0.0527. The molecule has 4 heteroatoms. The minimum atomic E-state index is -0.0527. The molecule has 0 saturated carbocycles. The molecule has 2 heterocycles. The van der Waals surface area contributed by atoms with E-state index in [1.165, 1.54) is 32.4 Å². The Hall–Kier alpha value is -0.160. The molecule has 2 saturated heterocycles. The van der Waals surface area contributed by atoms with Gasteiger partial charge in [-0.1, -0.05) is 0 Å². The van der Waals surface area contributed by atoms with E-state index in [1.807, 2.05) is 0 Å². The van der Waals surface area contributed by atoms with Crippen LogP contribution >= 0.6 is 0 Å². The normalized spacial score (nSPS) is 33.0. The highest BCUT2D eigenvalue weighted by atomic mass is 16.3. The van der Waals surface area contributed by atoms with Gasteiger partial charge in [-0.05, 0) is 44.8 Å². The van der Waals surface area contributed by atoms with Crippen LogP contribution < -0.4 is 0 Å². The topological polar surface area (TPSA) is 46.9 Å². The predicted octanol–water partition coefficient (Wildman–Crippen LogP) is -0.243. The number of likely N-dealkylation sites (tertiary alicyclic amines) is 2. The van der Waals surface area contributed by atoms with E-state index in [1.54, 1.807) is 0 Å². The maximum absolute atomic E-state index is 9.25. The van der Waals surface area contributed by atoms with E-state index in [-0.39, 0.29) is 19.3 Å². The average Bonchev–Trinajstić information content (AvgIpc) is 2.62. The third-order valence-electron chi connectivity index (χ3n) is 4.26. The van der Waals surface area contributed by atoms with Gasteiger partial charge in [-0.2, -0.15) is 0 Å². The summed E-state index contributed by atoms with van der Waals surface area (Å²) < 4.78 is 0. The standard InChI is InChI=1S/C12H24N2O2/c1-13-6-4-12(9-13)3-2-5-14(10-12)11(7-15)8-16/h11,15-16H,2-10H2,1H3. The summed E-state index contributed by atoms with van der Waals surface area (Å²) in [6.07, 6.45) is 3.77. The number of rotatable bonds is 3. The maximum atomic E-state index is 9.25. The minimum absolute atomic E-state index is 0.0527. The van der Waals surface area contributed by atoms with Gasteiger partial charge in [0.2, 0.25) is 0 Å². The highest BCUT2D eigenvalue weighted by Gasteiger charge is 2.41. The summed E-state index contributed by atoms with van der Waals surface area (Å²) in [5.74, 6) is 0. The first-order valence-corrected chi connectivity index (χ1v) is 6.33. The number of nitrogens with zero attached hydrogens (tertiary/aromatic N) is 2. The van der Waals surface area contributed by atoms with Gasteiger partial charge in [-0.3, -0.25) is 4.90 Å². The second-order valence-corrected chi connectivity index (χ2v) is 5.58. The van der Waals surface area contributed by atoms with Crippen LogP contribution in [-0.2, 0) is 0 Å². The molecule has 0 bridgehead atoms. The maximum Gasteiger partial charge on any atom is 0.0609 e. The van der Waals surface area contributed by atoms with Crippen LogP contribution in [0.15, 0.2) is 0 Å². The first-order chi connectivity index (χ1) is 7.69. The molecule has 2 N–H and O–H groups in total. The lowest BCUT2D eigenvalue weighted by atomic mass is 9.79. The van der Waals surface area contributed by atoms with Gasteiger partial charge < -0.3 is 15.1 Å². The van der Waals surface area contributed by atoms with Crippen molar-refractivity contribution in [1.29, 1.82) is 0 Å². The van der Waals surface area contributed by atoms with Crippen LogP contribution in [0.1, 0.15) is 19.3 Å². The van der Waals surface area contributed by atoms with Crippen molar-refractivity contribution in [2.75, 3.05) is 46.4 Å². The third kappa shape index (κ3) is 2.40. The van der Waals surface area contributed by atoms with E-state index in [0.29, 0.717) is 5.41 Å². The number of hydrogen-bond donors (Lipinski definition) is 2. The second kappa shape index (κ2) is 5.00. The van der Waals surface area contributed by atoms with Gasteiger partial charge >= 0.3 is 0 Å². The van der Waals surface area contributed by atoms with Gasteiger partial charge in [0.05, 0.1) is 19.3 Å². The van der Waals surface area contributed by atoms with Gasteiger partial charge in [0, 0.05) is 13.1 Å². The SMILES string of the molecule is CN1CCC2(CCCN(C(CO)CO)C2)C1. The number of aliphatic hydroxyl groups excluding tert-OH is 2. The van der Waals surface area contributed by atoms with Crippen LogP contribution in [-0.4, -0.2) is 72.5 Å². The molecule has 0 aromatic carbocycles. The van der Waals surface area contributed by atoms with Crippen molar-refractivity contribution in [3.05, 3.63) is 0 Å². The molecule has 1 spiro atoms. The van der Waals surface area contributed by atoms with Crippen molar-refractivity contribution >= 4 is 0 Å². The summed E-state index contributed by atoms with van der Waals surface area (Å²) in [5, 5.41) is 18.5. The van der Waals surface area contributed by atoms with Gasteiger partial charge in [-0.15, -0.1) is 0 Å². The Kier molecular flexibility index (Phi) is 3.85. The molecular weight excluding hydrogens is 204 g/mol. The first kappa shape index (κ1) is 12.3. The first-order valence-electron chi connectivity index (χ1n) is 6.33. The van der Waals surface area contributed by atoms with Gasteiger partial charge in [0.25, 0.3) is 0 Å². The van der Waals surface area contributed by atoms with Crippen molar-refractivity contribution < 1.29 is 10.2 Å². The van der Waals surface area contributed by atoms with E-state index < -0.39 is 0 Å². The molecule has 0 aromatic rings. The highest BCUT2D eigenvalue weighted by Crippen LogP contribution is 2.38. The zero-order chi connectivity index (χ0) is 11.6. The van der Waals surface area contributed by atoms with Crippen molar-refractivity contribution in [2.45, 2.75) is 25.3 Å². The molecule has 2 aliphatic heterocycles. The number of hydrogen-bond acceptors (Lipinski definition) is 4. The zero-order valence-corrected chi connectivity index (χ0v) is 10.2. The molecule has 0 aromatic heterocycles. The minimum Gasteiger partial charge on any atom is -0.395 e. The monoisotopic (exact) mass is 228 g/mol. The predicted molar refractivity (Wildman–Crippen MR) is 63.3 cm³/mol. The number of aliphatic hydroxyl groups is 2. The van der Waals surface area contributed by atoms with Crippen LogP contribution in [0.3, 0.4) is 0 Å². The van der Waals surface area contributed by atoms with Gasteiger partial charge in [-0.25, -0.2) is 0 Å². The van der Waals surface area contributed by atoms with E-state index in [4.69, 9.17) is 0 Å². The molecule has 0 amide bonds. The van der Waals surface area contributed by atoms with Gasteiger partial charge in [0.15, 0.2) is 0 Å². The van der Waals surface area contributed by atoms with Crippen molar-refractivity contribution in [1.82, 2.24) is 9.80 Å². The summed E-state index contributed by atoms with van der Waals surface area (Å²) in [6.45, 7) is 4.58. The molecule has 1 atom stereocenters. The Morgan fingerprint density at radius 3 is 2.44 bits per heavy atom. The largest absolute Gasteiger partial charge is 0.395 e. The Balaban J connectivity index is 1.98.